The van der Waals surface area contributed by atoms with Gasteiger partial charge < -0.3 is 0 Å². The minimum absolute atomic E-state index is 0.189. The van der Waals surface area contributed by atoms with Crippen molar-refractivity contribution in [1.82, 2.24) is 0 Å². The monoisotopic (exact) mass is 358 g/mol. The second-order valence-electron chi connectivity index (χ2n) is 6.96. The summed E-state index contributed by atoms with van der Waals surface area (Å²) in [6, 6.07) is 22.2. The highest BCUT2D eigenvalue weighted by atomic mass is 31.1. The molecule has 24 heavy (non-hydrogen) atoms. The molecular weight excluding hydrogens is 326 g/mol. The molecule has 0 saturated heterocycles. The molecular formula is C22H32P2. The van der Waals surface area contributed by atoms with Crippen molar-refractivity contribution in [3.8, 4) is 0 Å². The molecule has 2 rings (SSSR count). The summed E-state index contributed by atoms with van der Waals surface area (Å²) in [6.45, 7) is 9.64. The largest absolute Gasteiger partial charge is 0.101 e. The van der Waals surface area contributed by atoms with E-state index in [0.29, 0.717) is 0 Å². The molecule has 0 spiro atoms. The smallest absolute Gasteiger partial charge is 0.0195 e. The fourth-order valence-corrected chi connectivity index (χ4v) is 8.53. The molecule has 0 N–H and O–H groups in total. The Hall–Kier alpha value is -0.700. The van der Waals surface area contributed by atoms with Gasteiger partial charge in [0.05, 0.1) is 0 Å². The van der Waals surface area contributed by atoms with Crippen LogP contribution in [0.15, 0.2) is 60.7 Å². The second-order valence-corrected chi connectivity index (χ2v) is 12.8. The summed E-state index contributed by atoms with van der Waals surface area (Å²) in [5.41, 5.74) is 1.73. The topological polar surface area (TPSA) is 0 Å². The van der Waals surface area contributed by atoms with Crippen molar-refractivity contribution in [1.29, 1.82) is 0 Å². The summed E-state index contributed by atoms with van der Waals surface area (Å²) < 4.78 is 0. The summed E-state index contributed by atoms with van der Waals surface area (Å²) in [4.78, 5) is 0. The summed E-state index contributed by atoms with van der Waals surface area (Å²) >= 11 is 0. The van der Waals surface area contributed by atoms with Gasteiger partial charge in [-0.2, -0.15) is 0 Å². The molecule has 0 heterocycles. The fourth-order valence-electron chi connectivity index (χ4n) is 3.30. The van der Waals surface area contributed by atoms with Gasteiger partial charge in [-0.3, -0.25) is 0 Å². The van der Waals surface area contributed by atoms with E-state index >= 15 is 0 Å². The van der Waals surface area contributed by atoms with Gasteiger partial charge in [-0.05, 0) is 55.0 Å². The Kier molecular flexibility index (Phi) is 8.44. The zero-order valence-electron chi connectivity index (χ0n) is 15.7. The first-order chi connectivity index (χ1) is 11.6. The zero-order chi connectivity index (χ0) is 17.4. The van der Waals surface area contributed by atoms with Crippen LogP contribution in [-0.4, -0.2) is 23.6 Å². The van der Waals surface area contributed by atoms with E-state index in [9.17, 15) is 0 Å². The van der Waals surface area contributed by atoms with Crippen LogP contribution in [-0.2, 0) is 0 Å². The Labute approximate surface area is 151 Å². The van der Waals surface area contributed by atoms with Crippen LogP contribution in [0.5, 0.6) is 0 Å². The van der Waals surface area contributed by atoms with Gasteiger partial charge in [-0.15, -0.1) is 7.92 Å². The van der Waals surface area contributed by atoms with Crippen LogP contribution in [0.4, 0.5) is 0 Å². The van der Waals surface area contributed by atoms with Crippen molar-refractivity contribution >= 4 is 26.5 Å². The molecule has 0 aromatic heterocycles. The lowest BCUT2D eigenvalue weighted by Gasteiger charge is -2.26. The zero-order valence-corrected chi connectivity index (χ0v) is 17.4. The molecule has 0 aliphatic carbocycles. The number of hydrogen-bond acceptors (Lipinski definition) is 0. The van der Waals surface area contributed by atoms with Crippen LogP contribution in [0.1, 0.15) is 40.5 Å². The molecule has 0 nitrogen and oxygen atoms in total. The van der Waals surface area contributed by atoms with Crippen LogP contribution in [0.25, 0.3) is 0 Å². The number of rotatable bonds is 9. The first kappa shape index (κ1) is 19.6. The van der Waals surface area contributed by atoms with Gasteiger partial charge in [-0.1, -0.05) is 88.4 Å². The van der Waals surface area contributed by atoms with E-state index in [2.05, 4.69) is 88.4 Å². The normalized spacial score (nSPS) is 11.8. The van der Waals surface area contributed by atoms with Crippen molar-refractivity contribution in [2.24, 2.45) is 0 Å². The first-order valence-corrected chi connectivity index (χ1v) is 12.4. The van der Waals surface area contributed by atoms with E-state index in [1.54, 1.807) is 0 Å². The maximum Gasteiger partial charge on any atom is -0.0195 e. The van der Waals surface area contributed by atoms with Crippen LogP contribution in [0.2, 0.25) is 0 Å². The molecule has 2 heteroatoms. The van der Waals surface area contributed by atoms with Gasteiger partial charge in [0.2, 0.25) is 0 Å². The second kappa shape index (κ2) is 10.3. The third-order valence-corrected chi connectivity index (χ3v) is 10.6. The molecule has 0 atom stereocenters. The highest BCUT2D eigenvalue weighted by Crippen LogP contribution is 2.47. The minimum atomic E-state index is -0.205. The number of benzene rings is 2. The van der Waals surface area contributed by atoms with Crippen LogP contribution in [0, 0.1) is 0 Å². The van der Waals surface area contributed by atoms with Crippen molar-refractivity contribution < 1.29 is 0 Å². The Bertz CT molecular complexity index is 516. The highest BCUT2D eigenvalue weighted by molar-refractivity contribution is 7.73. The summed E-state index contributed by atoms with van der Waals surface area (Å²) in [7, 11) is -0.0161. The van der Waals surface area contributed by atoms with Gasteiger partial charge in [0.15, 0.2) is 0 Å². The number of unbranched alkanes of at least 4 members (excludes halogenated alkanes) is 1. The fraction of sp³-hybridized carbons (Fsp3) is 0.455. The molecule has 0 aliphatic rings. The molecule has 0 bridgehead atoms. The third kappa shape index (κ3) is 5.98. The molecule has 0 amide bonds. The van der Waals surface area contributed by atoms with E-state index < -0.39 is 0 Å². The third-order valence-electron chi connectivity index (χ3n) is 4.51. The molecule has 0 unspecified atom stereocenters. The SMILES string of the molecule is CC(C)P(CCCCP(c1ccccc1)c1ccccc1)C(C)C. The maximum absolute atomic E-state index is 2.41. The van der Waals surface area contributed by atoms with E-state index in [4.69, 9.17) is 0 Å². The van der Waals surface area contributed by atoms with Crippen LogP contribution >= 0.6 is 15.8 Å². The number of hydrogen-bond donors (Lipinski definition) is 0. The summed E-state index contributed by atoms with van der Waals surface area (Å²) in [6.07, 6.45) is 5.51. The Morgan fingerprint density at radius 3 is 1.46 bits per heavy atom. The average molecular weight is 358 g/mol. The van der Waals surface area contributed by atoms with E-state index in [1.807, 2.05) is 0 Å². The molecule has 0 radical (unpaired) electrons. The van der Waals surface area contributed by atoms with Crippen molar-refractivity contribution in [2.45, 2.75) is 51.9 Å². The lowest BCUT2D eigenvalue weighted by Crippen LogP contribution is -2.14. The quantitative estimate of drug-likeness (QED) is 0.370. The van der Waals surface area contributed by atoms with Crippen molar-refractivity contribution in [2.75, 3.05) is 12.3 Å². The molecule has 0 fully saturated rings. The lowest BCUT2D eigenvalue weighted by molar-refractivity contribution is 0.878. The van der Waals surface area contributed by atoms with E-state index in [0.717, 1.165) is 11.3 Å². The van der Waals surface area contributed by atoms with Gasteiger partial charge in [0.25, 0.3) is 0 Å². The van der Waals surface area contributed by atoms with E-state index in [1.165, 1.54) is 35.8 Å². The van der Waals surface area contributed by atoms with Crippen molar-refractivity contribution in [3.63, 3.8) is 0 Å². The predicted octanol–water partition coefficient (Wildman–Crippen LogP) is 6.20. The predicted molar refractivity (Wildman–Crippen MR) is 115 cm³/mol. The summed E-state index contributed by atoms with van der Waals surface area (Å²) in [5, 5.41) is 3.04. The minimum Gasteiger partial charge on any atom is -0.101 e. The standard InChI is InChI=1S/C22H32P2/c1-19(2)23(20(3)4)17-11-12-18-24(21-13-7-5-8-14-21)22-15-9-6-10-16-22/h5-10,13-16,19-20H,11-12,17-18H2,1-4H3. The van der Waals surface area contributed by atoms with E-state index in [-0.39, 0.29) is 15.8 Å². The first-order valence-electron chi connectivity index (χ1n) is 9.23. The Morgan fingerprint density at radius 2 is 1.04 bits per heavy atom. The highest BCUT2D eigenvalue weighted by Gasteiger charge is 2.17. The van der Waals surface area contributed by atoms with Gasteiger partial charge in [0, 0.05) is 0 Å². The van der Waals surface area contributed by atoms with Crippen molar-refractivity contribution in [3.05, 3.63) is 60.7 Å². The average Bonchev–Trinajstić information content (AvgIpc) is 2.59. The molecule has 0 aliphatic heterocycles. The van der Waals surface area contributed by atoms with Gasteiger partial charge >= 0.3 is 0 Å². The molecule has 130 valence electrons. The molecule has 2 aromatic rings. The van der Waals surface area contributed by atoms with Crippen LogP contribution in [0.3, 0.4) is 0 Å². The Balaban J connectivity index is 1.97. The van der Waals surface area contributed by atoms with Gasteiger partial charge in [0.1, 0.15) is 0 Å². The lowest BCUT2D eigenvalue weighted by atomic mass is 10.4. The maximum atomic E-state index is 2.41. The summed E-state index contributed by atoms with van der Waals surface area (Å²) in [5.74, 6) is 0. The molecule has 0 saturated carbocycles. The Morgan fingerprint density at radius 1 is 0.625 bits per heavy atom. The van der Waals surface area contributed by atoms with Crippen LogP contribution < -0.4 is 10.6 Å². The van der Waals surface area contributed by atoms with Gasteiger partial charge in [-0.25, -0.2) is 0 Å². The molecule has 2 aromatic carbocycles.